The minimum absolute atomic E-state index is 0.0796. The Labute approximate surface area is 140 Å². The van der Waals surface area contributed by atoms with Gasteiger partial charge in [-0.3, -0.25) is 20.4 Å². The Balaban J connectivity index is 1.84. The average molecular weight is 328 g/mol. The van der Waals surface area contributed by atoms with Crippen molar-refractivity contribution in [2.45, 2.75) is 20.8 Å². The normalized spacial score (nSPS) is 10.1. The molecule has 6 heteroatoms. The first-order valence-electron chi connectivity index (χ1n) is 7.45. The molecular weight excluding hydrogens is 308 g/mol. The third-order valence-corrected chi connectivity index (χ3v) is 3.56. The zero-order chi connectivity index (χ0) is 17.7. The fourth-order valence-electron chi connectivity index (χ4n) is 2.02. The molecule has 0 saturated heterocycles. The number of hydrogen-bond acceptors (Lipinski definition) is 4. The van der Waals surface area contributed by atoms with E-state index in [2.05, 4.69) is 10.9 Å². The molecule has 0 aliphatic heterocycles. The minimum Gasteiger partial charge on any atom is -0.507 e. The molecular formula is C18H20N2O4. The number of nitrogens with one attached hydrogen (secondary N) is 2. The highest BCUT2D eigenvalue weighted by Gasteiger charge is 2.12. The first-order chi connectivity index (χ1) is 11.4. The number of aromatic hydroxyl groups is 1. The van der Waals surface area contributed by atoms with E-state index in [1.807, 2.05) is 26.0 Å². The number of phenolic OH excluding ortho intramolecular Hbond substituents is 1. The van der Waals surface area contributed by atoms with Gasteiger partial charge in [-0.05, 0) is 61.7 Å². The fraction of sp³-hybridized carbons (Fsp3) is 0.222. The molecule has 2 amide bonds. The smallest absolute Gasteiger partial charge is 0.276 e. The maximum atomic E-state index is 11.9. The van der Waals surface area contributed by atoms with Crippen LogP contribution in [0.25, 0.3) is 0 Å². The van der Waals surface area contributed by atoms with Crippen LogP contribution in [0.1, 0.15) is 27.0 Å². The highest BCUT2D eigenvalue weighted by molar-refractivity contribution is 5.97. The lowest BCUT2D eigenvalue weighted by atomic mass is 10.1. The van der Waals surface area contributed by atoms with Crippen LogP contribution in [0.2, 0.25) is 0 Å². The van der Waals surface area contributed by atoms with Crippen molar-refractivity contribution in [3.05, 3.63) is 58.7 Å². The molecule has 0 fully saturated rings. The Kier molecular flexibility index (Phi) is 5.42. The standard InChI is InChI=1S/C18H20N2O4/c1-11-4-7-15(16(21)8-11)18(23)20-19-17(22)10-24-14-6-5-12(2)13(3)9-14/h4-9,21H,10H2,1-3H3,(H,19,22)(H,20,23). The summed E-state index contributed by atoms with van der Waals surface area (Å²) in [5.41, 5.74) is 7.59. The van der Waals surface area contributed by atoms with Gasteiger partial charge >= 0.3 is 0 Å². The number of carbonyl (C=O) groups is 2. The Morgan fingerprint density at radius 1 is 1.00 bits per heavy atom. The SMILES string of the molecule is Cc1ccc(C(=O)NNC(=O)COc2ccc(C)c(C)c2)c(O)c1. The van der Waals surface area contributed by atoms with E-state index in [-0.39, 0.29) is 17.9 Å². The first kappa shape index (κ1) is 17.3. The van der Waals surface area contributed by atoms with Crippen molar-refractivity contribution in [2.24, 2.45) is 0 Å². The van der Waals surface area contributed by atoms with Gasteiger partial charge in [0.15, 0.2) is 6.61 Å². The third-order valence-electron chi connectivity index (χ3n) is 3.56. The van der Waals surface area contributed by atoms with Gasteiger partial charge in [0.1, 0.15) is 11.5 Å². The van der Waals surface area contributed by atoms with Crippen LogP contribution in [0, 0.1) is 20.8 Å². The summed E-state index contributed by atoms with van der Waals surface area (Å²) in [7, 11) is 0. The van der Waals surface area contributed by atoms with Crippen LogP contribution in [-0.2, 0) is 4.79 Å². The highest BCUT2D eigenvalue weighted by atomic mass is 16.5. The van der Waals surface area contributed by atoms with E-state index in [0.29, 0.717) is 5.75 Å². The zero-order valence-corrected chi connectivity index (χ0v) is 13.8. The summed E-state index contributed by atoms with van der Waals surface area (Å²) < 4.78 is 5.37. The van der Waals surface area contributed by atoms with Gasteiger partial charge in [0.05, 0.1) is 5.56 Å². The predicted molar refractivity (Wildman–Crippen MR) is 89.9 cm³/mol. The Morgan fingerprint density at radius 3 is 2.42 bits per heavy atom. The van der Waals surface area contributed by atoms with E-state index < -0.39 is 11.8 Å². The molecule has 6 nitrogen and oxygen atoms in total. The summed E-state index contributed by atoms with van der Waals surface area (Å²) >= 11 is 0. The number of hydrogen-bond donors (Lipinski definition) is 3. The van der Waals surface area contributed by atoms with Crippen molar-refractivity contribution in [1.82, 2.24) is 10.9 Å². The number of benzene rings is 2. The summed E-state index contributed by atoms with van der Waals surface area (Å²) in [6, 6.07) is 10.2. The van der Waals surface area contributed by atoms with Gasteiger partial charge in [-0.1, -0.05) is 12.1 Å². The topological polar surface area (TPSA) is 87.7 Å². The molecule has 0 saturated carbocycles. The van der Waals surface area contributed by atoms with Crippen LogP contribution >= 0.6 is 0 Å². The van der Waals surface area contributed by atoms with Crippen LogP contribution in [0.15, 0.2) is 36.4 Å². The molecule has 2 aromatic rings. The molecule has 3 N–H and O–H groups in total. The number of carbonyl (C=O) groups excluding carboxylic acids is 2. The van der Waals surface area contributed by atoms with Crippen LogP contribution in [0.3, 0.4) is 0 Å². The summed E-state index contributed by atoms with van der Waals surface area (Å²) in [6.07, 6.45) is 0. The van der Waals surface area contributed by atoms with Crippen molar-refractivity contribution in [3.63, 3.8) is 0 Å². The van der Waals surface area contributed by atoms with Crippen molar-refractivity contribution in [3.8, 4) is 11.5 Å². The third kappa shape index (κ3) is 4.49. The molecule has 0 unspecified atom stereocenters. The lowest BCUT2D eigenvalue weighted by molar-refractivity contribution is -0.123. The van der Waals surface area contributed by atoms with Crippen molar-refractivity contribution < 1.29 is 19.4 Å². The highest BCUT2D eigenvalue weighted by Crippen LogP contribution is 2.18. The maximum Gasteiger partial charge on any atom is 0.276 e. The van der Waals surface area contributed by atoms with Gasteiger partial charge in [-0.2, -0.15) is 0 Å². The minimum atomic E-state index is -0.605. The summed E-state index contributed by atoms with van der Waals surface area (Å²) in [4.78, 5) is 23.6. The first-order valence-corrected chi connectivity index (χ1v) is 7.45. The van der Waals surface area contributed by atoms with Crippen LogP contribution < -0.4 is 15.6 Å². The number of phenols is 1. The van der Waals surface area contributed by atoms with Crippen LogP contribution in [0.4, 0.5) is 0 Å². The van der Waals surface area contributed by atoms with Crippen molar-refractivity contribution in [2.75, 3.05) is 6.61 Å². The van der Waals surface area contributed by atoms with E-state index in [1.54, 1.807) is 19.1 Å². The molecule has 0 aromatic heterocycles. The van der Waals surface area contributed by atoms with E-state index >= 15 is 0 Å². The summed E-state index contributed by atoms with van der Waals surface area (Å²) in [5, 5.41) is 9.73. The molecule has 0 aliphatic rings. The van der Waals surface area contributed by atoms with E-state index in [4.69, 9.17) is 4.74 Å². The van der Waals surface area contributed by atoms with E-state index in [0.717, 1.165) is 16.7 Å². The predicted octanol–water partition coefficient (Wildman–Crippen LogP) is 2.16. The molecule has 0 heterocycles. The fourth-order valence-corrected chi connectivity index (χ4v) is 2.02. The monoisotopic (exact) mass is 328 g/mol. The molecule has 2 aromatic carbocycles. The Hall–Kier alpha value is -3.02. The van der Waals surface area contributed by atoms with E-state index in [9.17, 15) is 14.7 Å². The molecule has 0 spiro atoms. The average Bonchev–Trinajstić information content (AvgIpc) is 2.53. The van der Waals surface area contributed by atoms with Gasteiger partial charge in [0.2, 0.25) is 0 Å². The van der Waals surface area contributed by atoms with E-state index in [1.165, 1.54) is 12.1 Å². The van der Waals surface area contributed by atoms with Gasteiger partial charge in [-0.25, -0.2) is 0 Å². The molecule has 0 bridgehead atoms. The second-order valence-corrected chi connectivity index (χ2v) is 5.56. The quantitative estimate of drug-likeness (QED) is 0.751. The molecule has 0 radical (unpaired) electrons. The molecule has 0 aliphatic carbocycles. The summed E-state index contributed by atoms with van der Waals surface area (Å²) in [6.45, 7) is 5.51. The van der Waals surface area contributed by atoms with Gasteiger partial charge in [-0.15, -0.1) is 0 Å². The van der Waals surface area contributed by atoms with Crippen LogP contribution in [0.5, 0.6) is 11.5 Å². The number of hydrazine groups is 1. The molecule has 126 valence electrons. The Morgan fingerprint density at radius 2 is 1.75 bits per heavy atom. The summed E-state index contributed by atoms with van der Waals surface area (Å²) in [5.74, 6) is -0.677. The van der Waals surface area contributed by atoms with Crippen molar-refractivity contribution in [1.29, 1.82) is 0 Å². The Bertz CT molecular complexity index is 772. The second kappa shape index (κ2) is 7.50. The number of aryl methyl sites for hydroxylation is 3. The number of ether oxygens (including phenoxy) is 1. The molecule has 2 rings (SSSR count). The van der Waals surface area contributed by atoms with Crippen LogP contribution in [-0.4, -0.2) is 23.5 Å². The lowest BCUT2D eigenvalue weighted by Gasteiger charge is -2.10. The maximum absolute atomic E-state index is 11.9. The number of amides is 2. The zero-order valence-electron chi connectivity index (χ0n) is 13.8. The molecule has 24 heavy (non-hydrogen) atoms. The van der Waals surface area contributed by atoms with Gasteiger partial charge in [0.25, 0.3) is 11.8 Å². The molecule has 0 atom stereocenters. The van der Waals surface area contributed by atoms with Crippen molar-refractivity contribution >= 4 is 11.8 Å². The second-order valence-electron chi connectivity index (χ2n) is 5.56. The largest absolute Gasteiger partial charge is 0.507 e. The lowest BCUT2D eigenvalue weighted by Crippen LogP contribution is -2.43. The number of rotatable bonds is 4. The van der Waals surface area contributed by atoms with Gasteiger partial charge < -0.3 is 9.84 Å². The van der Waals surface area contributed by atoms with Gasteiger partial charge in [0, 0.05) is 0 Å².